The van der Waals surface area contributed by atoms with Gasteiger partial charge in [0.1, 0.15) is 4.34 Å². The Hall–Kier alpha value is -0.740. The minimum Gasteiger partial charge on any atom is -0.166 e. The van der Waals surface area contributed by atoms with E-state index in [2.05, 4.69) is 0 Å². The fourth-order valence-corrected chi connectivity index (χ4v) is 2.69. The molecule has 1 aromatic carbocycles. The van der Waals surface area contributed by atoms with E-state index in [4.69, 9.17) is 11.6 Å². The summed E-state index contributed by atoms with van der Waals surface area (Å²) in [6.07, 6.45) is -4.38. The Bertz CT molecular complexity index is 472. The van der Waals surface area contributed by atoms with Crippen molar-refractivity contribution >= 4 is 33.0 Å². The number of fused-ring (bicyclic) bond motifs is 1. The fourth-order valence-electron chi connectivity index (χ4n) is 1.28. The Balaban J connectivity index is 2.81. The number of rotatable bonds is 0. The van der Waals surface area contributed by atoms with Crippen molar-refractivity contribution in [1.82, 2.24) is 0 Å². The molecule has 0 spiro atoms. The van der Waals surface area contributed by atoms with Crippen LogP contribution in [0.4, 0.5) is 13.2 Å². The second kappa shape index (κ2) is 3.14. The minimum absolute atomic E-state index is 0.176. The molecule has 1 aromatic heterocycles. The Kier molecular flexibility index (Phi) is 2.20. The summed E-state index contributed by atoms with van der Waals surface area (Å²) in [6.45, 7) is 0. The quantitative estimate of drug-likeness (QED) is 0.628. The van der Waals surface area contributed by atoms with Crippen molar-refractivity contribution in [3.8, 4) is 0 Å². The molecule has 0 aliphatic carbocycles. The number of thiophene rings is 1. The Morgan fingerprint density at radius 1 is 1.14 bits per heavy atom. The summed E-state index contributed by atoms with van der Waals surface area (Å²) in [5.41, 5.74) is -0.722. The maximum atomic E-state index is 12.5. The molecule has 0 bridgehead atoms. The summed E-state index contributed by atoms with van der Waals surface area (Å²) >= 11 is 6.50. The monoisotopic (exact) mass is 236 g/mol. The van der Waals surface area contributed by atoms with Crippen LogP contribution in [-0.4, -0.2) is 0 Å². The van der Waals surface area contributed by atoms with Crippen LogP contribution < -0.4 is 0 Å². The van der Waals surface area contributed by atoms with Crippen molar-refractivity contribution in [2.75, 3.05) is 0 Å². The predicted octanol–water partition coefficient (Wildman–Crippen LogP) is 4.57. The van der Waals surface area contributed by atoms with Crippen LogP contribution in [0.5, 0.6) is 0 Å². The molecule has 0 N–H and O–H groups in total. The molecule has 0 aliphatic rings. The Labute approximate surface area is 86.9 Å². The molecule has 0 atom stereocenters. The SMILES string of the molecule is FC(F)(F)c1c(Cl)sc2ccccc12. The van der Waals surface area contributed by atoms with E-state index in [9.17, 15) is 13.2 Å². The van der Waals surface area contributed by atoms with Gasteiger partial charge in [0.15, 0.2) is 0 Å². The summed E-state index contributed by atoms with van der Waals surface area (Å²) in [5.74, 6) is 0. The van der Waals surface area contributed by atoms with E-state index < -0.39 is 11.7 Å². The molecule has 5 heteroatoms. The van der Waals surface area contributed by atoms with Crippen molar-refractivity contribution in [1.29, 1.82) is 0 Å². The lowest BCUT2D eigenvalue weighted by molar-refractivity contribution is -0.135. The van der Waals surface area contributed by atoms with Crippen LogP contribution in [-0.2, 0) is 6.18 Å². The standard InChI is InChI=1S/C9H4ClF3S/c10-8-7(9(11,12)13)5-3-1-2-4-6(5)14-8/h1-4H. The van der Waals surface area contributed by atoms with Gasteiger partial charge >= 0.3 is 6.18 Å². The number of benzene rings is 1. The highest BCUT2D eigenvalue weighted by Crippen LogP contribution is 2.44. The largest absolute Gasteiger partial charge is 0.419 e. The highest BCUT2D eigenvalue weighted by molar-refractivity contribution is 7.22. The first-order chi connectivity index (χ1) is 6.50. The van der Waals surface area contributed by atoms with E-state index in [0.29, 0.717) is 4.70 Å². The summed E-state index contributed by atoms with van der Waals surface area (Å²) in [4.78, 5) is 0. The van der Waals surface area contributed by atoms with Gasteiger partial charge in [-0.15, -0.1) is 11.3 Å². The molecule has 0 saturated heterocycles. The predicted molar refractivity (Wildman–Crippen MR) is 51.8 cm³/mol. The van der Waals surface area contributed by atoms with Crippen LogP contribution in [0.15, 0.2) is 24.3 Å². The molecule has 0 amide bonds. The van der Waals surface area contributed by atoms with Crippen LogP contribution in [0.25, 0.3) is 10.1 Å². The van der Waals surface area contributed by atoms with Gasteiger partial charge in [-0.1, -0.05) is 29.8 Å². The molecule has 0 fully saturated rings. The van der Waals surface area contributed by atoms with Crippen molar-refractivity contribution in [3.63, 3.8) is 0 Å². The lowest BCUT2D eigenvalue weighted by atomic mass is 10.2. The molecule has 1 heterocycles. The van der Waals surface area contributed by atoms with Crippen LogP contribution in [0.2, 0.25) is 4.34 Å². The molecule has 0 saturated carbocycles. The first kappa shape index (κ1) is 9.80. The van der Waals surface area contributed by atoms with E-state index in [0.717, 1.165) is 11.3 Å². The lowest BCUT2D eigenvalue weighted by Gasteiger charge is -2.04. The smallest absolute Gasteiger partial charge is 0.166 e. The van der Waals surface area contributed by atoms with Crippen molar-refractivity contribution < 1.29 is 13.2 Å². The summed E-state index contributed by atoms with van der Waals surface area (Å²) in [5, 5.41) is 0.176. The second-order valence-electron chi connectivity index (χ2n) is 2.74. The third kappa shape index (κ3) is 1.48. The van der Waals surface area contributed by atoms with Gasteiger partial charge in [-0.3, -0.25) is 0 Å². The molecule has 0 nitrogen and oxygen atoms in total. The molecular formula is C9H4ClF3S. The molecule has 0 radical (unpaired) electrons. The van der Waals surface area contributed by atoms with Gasteiger partial charge in [0.05, 0.1) is 5.56 Å². The third-order valence-corrected chi connectivity index (χ3v) is 3.22. The van der Waals surface area contributed by atoms with Gasteiger partial charge < -0.3 is 0 Å². The Morgan fingerprint density at radius 2 is 1.79 bits per heavy atom. The molecular weight excluding hydrogens is 233 g/mol. The van der Waals surface area contributed by atoms with Crippen LogP contribution in [0.1, 0.15) is 5.56 Å². The summed E-state index contributed by atoms with van der Waals surface area (Å²) in [7, 11) is 0. The molecule has 74 valence electrons. The van der Waals surface area contributed by atoms with Crippen LogP contribution in [0.3, 0.4) is 0 Å². The summed E-state index contributed by atoms with van der Waals surface area (Å²) in [6, 6.07) is 6.32. The van der Waals surface area contributed by atoms with Gasteiger partial charge in [-0.05, 0) is 6.07 Å². The Morgan fingerprint density at radius 3 is 2.43 bits per heavy atom. The zero-order valence-electron chi connectivity index (χ0n) is 6.73. The first-order valence-electron chi connectivity index (χ1n) is 3.74. The zero-order valence-corrected chi connectivity index (χ0v) is 8.30. The van der Waals surface area contributed by atoms with E-state index in [1.807, 2.05) is 0 Å². The molecule has 0 unspecified atom stereocenters. The van der Waals surface area contributed by atoms with E-state index in [-0.39, 0.29) is 9.72 Å². The average Bonchev–Trinajstić information content (AvgIpc) is 2.38. The van der Waals surface area contributed by atoms with Crippen molar-refractivity contribution in [2.45, 2.75) is 6.18 Å². The van der Waals surface area contributed by atoms with E-state index >= 15 is 0 Å². The molecule has 2 aromatic rings. The molecule has 14 heavy (non-hydrogen) atoms. The van der Waals surface area contributed by atoms with Crippen molar-refractivity contribution in [3.05, 3.63) is 34.2 Å². The minimum atomic E-state index is -4.38. The highest BCUT2D eigenvalue weighted by Gasteiger charge is 2.36. The van der Waals surface area contributed by atoms with Crippen molar-refractivity contribution in [2.24, 2.45) is 0 Å². The average molecular weight is 237 g/mol. The van der Waals surface area contributed by atoms with Crippen LogP contribution in [0, 0.1) is 0 Å². The van der Waals surface area contributed by atoms with Gasteiger partial charge in [0, 0.05) is 10.1 Å². The van der Waals surface area contributed by atoms with E-state index in [1.165, 1.54) is 6.07 Å². The maximum absolute atomic E-state index is 12.5. The maximum Gasteiger partial charge on any atom is 0.419 e. The number of hydrogen-bond acceptors (Lipinski definition) is 1. The zero-order chi connectivity index (χ0) is 10.3. The second-order valence-corrected chi connectivity index (χ2v) is 4.40. The third-order valence-electron chi connectivity index (χ3n) is 1.84. The highest BCUT2D eigenvalue weighted by atomic mass is 35.5. The number of alkyl halides is 3. The topological polar surface area (TPSA) is 0 Å². The molecule has 2 rings (SSSR count). The lowest BCUT2D eigenvalue weighted by Crippen LogP contribution is -2.03. The van der Waals surface area contributed by atoms with Crippen LogP contribution >= 0.6 is 22.9 Å². The normalized spacial score (nSPS) is 12.3. The summed E-state index contributed by atoms with van der Waals surface area (Å²) < 4.78 is 38.0. The molecule has 0 aliphatic heterocycles. The number of halogens is 4. The number of hydrogen-bond donors (Lipinski definition) is 0. The fraction of sp³-hybridized carbons (Fsp3) is 0.111. The van der Waals surface area contributed by atoms with Gasteiger partial charge in [-0.25, -0.2) is 0 Å². The van der Waals surface area contributed by atoms with Gasteiger partial charge in [0.25, 0.3) is 0 Å². The van der Waals surface area contributed by atoms with Gasteiger partial charge in [0.2, 0.25) is 0 Å². The van der Waals surface area contributed by atoms with Gasteiger partial charge in [-0.2, -0.15) is 13.2 Å². The van der Waals surface area contributed by atoms with E-state index in [1.54, 1.807) is 18.2 Å². The first-order valence-corrected chi connectivity index (χ1v) is 4.94.